The predicted octanol–water partition coefficient (Wildman–Crippen LogP) is 0.640. The van der Waals surface area contributed by atoms with E-state index in [1.807, 2.05) is 6.07 Å². The van der Waals surface area contributed by atoms with Crippen LogP contribution in [0, 0.1) is 0 Å². The summed E-state index contributed by atoms with van der Waals surface area (Å²) in [4.78, 5) is 28.0. The van der Waals surface area contributed by atoms with Crippen LogP contribution in [-0.2, 0) is 11.3 Å². The number of nitrogens with one attached hydrogen (secondary N) is 1. The highest BCUT2D eigenvalue weighted by Crippen LogP contribution is 2.33. The second-order valence-electron chi connectivity index (χ2n) is 5.37. The molecule has 0 spiro atoms. The molecule has 0 bridgehead atoms. The number of carbonyl (C=O) groups excluding carboxylic acids is 1. The Morgan fingerprint density at radius 2 is 1.96 bits per heavy atom. The van der Waals surface area contributed by atoms with Crippen molar-refractivity contribution in [1.29, 1.82) is 0 Å². The minimum atomic E-state index is -0.265. The molecule has 7 nitrogen and oxygen atoms in total. The van der Waals surface area contributed by atoms with Crippen LogP contribution in [0.2, 0.25) is 0 Å². The maximum absolute atomic E-state index is 12.2. The molecule has 0 fully saturated rings. The van der Waals surface area contributed by atoms with Gasteiger partial charge in [0.05, 0.1) is 18.7 Å². The molecule has 2 N–H and O–H groups in total. The topological polar surface area (TPSA) is 91.9 Å². The molecule has 1 aliphatic rings. The molecule has 0 aliphatic carbocycles. The molecule has 1 amide bonds. The van der Waals surface area contributed by atoms with Gasteiger partial charge in [-0.1, -0.05) is 0 Å². The van der Waals surface area contributed by atoms with E-state index in [0.29, 0.717) is 35.8 Å². The quantitative estimate of drug-likeness (QED) is 0.863. The molecule has 1 aromatic carbocycles. The number of amides is 1. The fourth-order valence-electron chi connectivity index (χ4n) is 2.58. The number of carbonyl (C=O) groups is 1. The SMILES string of the molecule is CC(=O)N(CCO)Cc1cc2cc3c(cc2[nH]c1=O)OCCO3. The number of rotatable bonds is 4. The normalized spacial score (nSPS) is 13.1. The van der Waals surface area contributed by atoms with Crippen molar-refractivity contribution in [2.45, 2.75) is 13.5 Å². The number of aromatic amines is 1. The molecule has 2 aromatic rings. The van der Waals surface area contributed by atoms with Crippen LogP contribution in [0.15, 0.2) is 23.0 Å². The third kappa shape index (κ3) is 3.14. The molecule has 0 atom stereocenters. The van der Waals surface area contributed by atoms with Crippen molar-refractivity contribution in [2.24, 2.45) is 0 Å². The Bertz CT molecular complexity index is 799. The maximum atomic E-state index is 12.2. The molecule has 3 rings (SSSR count). The number of hydrogen-bond donors (Lipinski definition) is 2. The van der Waals surface area contributed by atoms with Crippen LogP contribution in [0.3, 0.4) is 0 Å². The maximum Gasteiger partial charge on any atom is 0.253 e. The number of aliphatic hydroxyl groups excluding tert-OH is 1. The van der Waals surface area contributed by atoms with Crippen LogP contribution in [0.5, 0.6) is 11.5 Å². The fourth-order valence-corrected chi connectivity index (χ4v) is 2.58. The van der Waals surface area contributed by atoms with Crippen molar-refractivity contribution in [1.82, 2.24) is 9.88 Å². The van der Waals surface area contributed by atoms with Crippen molar-refractivity contribution in [2.75, 3.05) is 26.4 Å². The van der Waals surface area contributed by atoms with E-state index >= 15 is 0 Å². The molecular weight excluding hydrogens is 300 g/mol. The number of aliphatic hydroxyl groups is 1. The highest BCUT2D eigenvalue weighted by Gasteiger charge is 2.16. The van der Waals surface area contributed by atoms with Gasteiger partial charge in [-0.05, 0) is 12.1 Å². The lowest BCUT2D eigenvalue weighted by molar-refractivity contribution is -0.129. The van der Waals surface area contributed by atoms with Crippen molar-refractivity contribution in [3.63, 3.8) is 0 Å². The van der Waals surface area contributed by atoms with Crippen molar-refractivity contribution < 1.29 is 19.4 Å². The van der Waals surface area contributed by atoms with Gasteiger partial charge in [-0.2, -0.15) is 0 Å². The van der Waals surface area contributed by atoms with E-state index in [-0.39, 0.29) is 31.2 Å². The van der Waals surface area contributed by atoms with Gasteiger partial charge in [0.2, 0.25) is 5.91 Å². The van der Waals surface area contributed by atoms with Crippen LogP contribution in [0.4, 0.5) is 0 Å². The van der Waals surface area contributed by atoms with Gasteiger partial charge in [0.15, 0.2) is 11.5 Å². The lowest BCUT2D eigenvalue weighted by Gasteiger charge is -2.21. The predicted molar refractivity (Wildman–Crippen MR) is 83.7 cm³/mol. The number of nitrogens with zero attached hydrogens (tertiary/aromatic N) is 1. The lowest BCUT2D eigenvalue weighted by Crippen LogP contribution is -2.33. The van der Waals surface area contributed by atoms with E-state index in [0.717, 1.165) is 5.39 Å². The molecule has 2 heterocycles. The highest BCUT2D eigenvalue weighted by atomic mass is 16.6. The Morgan fingerprint density at radius 3 is 2.61 bits per heavy atom. The van der Waals surface area contributed by atoms with Gasteiger partial charge in [0, 0.05) is 30.5 Å². The van der Waals surface area contributed by atoms with E-state index in [4.69, 9.17) is 14.6 Å². The lowest BCUT2D eigenvalue weighted by atomic mass is 10.1. The zero-order chi connectivity index (χ0) is 16.4. The van der Waals surface area contributed by atoms with E-state index < -0.39 is 0 Å². The zero-order valence-electron chi connectivity index (χ0n) is 12.8. The first kappa shape index (κ1) is 15.4. The number of benzene rings is 1. The first-order chi connectivity index (χ1) is 11.1. The second kappa shape index (κ2) is 6.29. The third-order valence-electron chi connectivity index (χ3n) is 3.76. The Kier molecular flexibility index (Phi) is 4.20. The highest BCUT2D eigenvalue weighted by molar-refractivity contribution is 5.83. The van der Waals surface area contributed by atoms with Gasteiger partial charge in [0.25, 0.3) is 5.56 Å². The van der Waals surface area contributed by atoms with Gasteiger partial charge in [-0.3, -0.25) is 9.59 Å². The summed E-state index contributed by atoms with van der Waals surface area (Å²) in [5.41, 5.74) is 0.843. The molecular formula is C16H18N2O5. The van der Waals surface area contributed by atoms with Crippen LogP contribution in [0.1, 0.15) is 12.5 Å². The number of pyridine rings is 1. The average Bonchev–Trinajstić information content (AvgIpc) is 2.53. The zero-order valence-corrected chi connectivity index (χ0v) is 12.8. The van der Waals surface area contributed by atoms with Crippen LogP contribution in [-0.4, -0.2) is 47.3 Å². The minimum absolute atomic E-state index is 0.148. The van der Waals surface area contributed by atoms with Gasteiger partial charge < -0.3 is 24.5 Å². The largest absolute Gasteiger partial charge is 0.486 e. The van der Waals surface area contributed by atoms with Crippen molar-refractivity contribution in [3.8, 4) is 11.5 Å². The number of hydrogen-bond acceptors (Lipinski definition) is 5. The monoisotopic (exact) mass is 318 g/mol. The van der Waals surface area contributed by atoms with E-state index in [1.54, 1.807) is 12.1 Å². The Labute approximate surface area is 132 Å². The summed E-state index contributed by atoms with van der Waals surface area (Å²) in [6.45, 7) is 2.57. The number of H-pyrrole nitrogens is 1. The summed E-state index contributed by atoms with van der Waals surface area (Å²) in [6, 6.07) is 5.29. The molecule has 122 valence electrons. The molecule has 0 saturated carbocycles. The molecule has 23 heavy (non-hydrogen) atoms. The number of ether oxygens (including phenoxy) is 2. The number of fused-ring (bicyclic) bond motifs is 2. The number of aromatic nitrogens is 1. The van der Waals surface area contributed by atoms with Gasteiger partial charge >= 0.3 is 0 Å². The van der Waals surface area contributed by atoms with Gasteiger partial charge in [-0.25, -0.2) is 0 Å². The molecule has 1 aliphatic heterocycles. The molecule has 0 saturated heterocycles. The standard InChI is InChI=1S/C16H18N2O5/c1-10(20)18(2-3-19)9-12-6-11-7-14-15(23-5-4-22-14)8-13(11)17-16(12)21/h6-8,19H,2-5,9H2,1H3,(H,17,21). The third-order valence-corrected chi connectivity index (χ3v) is 3.76. The summed E-state index contributed by atoms with van der Waals surface area (Å²) in [5, 5.41) is 9.83. The van der Waals surface area contributed by atoms with Crippen molar-refractivity contribution >= 4 is 16.8 Å². The van der Waals surface area contributed by atoms with Crippen LogP contribution < -0.4 is 15.0 Å². The summed E-state index contributed by atoms with van der Waals surface area (Å²) >= 11 is 0. The molecule has 0 unspecified atom stereocenters. The summed E-state index contributed by atoms with van der Waals surface area (Å²) in [5.74, 6) is 1.05. The smallest absolute Gasteiger partial charge is 0.253 e. The van der Waals surface area contributed by atoms with Crippen molar-refractivity contribution in [3.05, 3.63) is 34.1 Å². The van der Waals surface area contributed by atoms with Crippen LogP contribution >= 0.6 is 0 Å². The minimum Gasteiger partial charge on any atom is -0.486 e. The molecule has 7 heteroatoms. The molecule has 0 radical (unpaired) electrons. The Balaban J connectivity index is 1.99. The summed E-state index contributed by atoms with van der Waals surface area (Å²) < 4.78 is 11.0. The van der Waals surface area contributed by atoms with Gasteiger partial charge in [0.1, 0.15) is 13.2 Å². The second-order valence-corrected chi connectivity index (χ2v) is 5.37. The Morgan fingerprint density at radius 1 is 1.26 bits per heavy atom. The summed E-state index contributed by atoms with van der Waals surface area (Å²) in [7, 11) is 0. The van der Waals surface area contributed by atoms with E-state index in [9.17, 15) is 9.59 Å². The van der Waals surface area contributed by atoms with Crippen LogP contribution in [0.25, 0.3) is 10.9 Å². The first-order valence-corrected chi connectivity index (χ1v) is 7.40. The molecule has 1 aromatic heterocycles. The fraction of sp³-hybridized carbons (Fsp3) is 0.375. The van der Waals surface area contributed by atoms with Gasteiger partial charge in [-0.15, -0.1) is 0 Å². The van der Waals surface area contributed by atoms with E-state index in [1.165, 1.54) is 11.8 Å². The summed E-state index contributed by atoms with van der Waals surface area (Å²) in [6.07, 6.45) is 0. The Hall–Kier alpha value is -2.54. The average molecular weight is 318 g/mol. The first-order valence-electron chi connectivity index (χ1n) is 7.40. The van der Waals surface area contributed by atoms with E-state index in [2.05, 4.69) is 4.98 Å².